The Morgan fingerprint density at radius 1 is 1.26 bits per heavy atom. The van der Waals surface area contributed by atoms with E-state index in [0.717, 1.165) is 19.0 Å². The fraction of sp³-hybridized carbons (Fsp3) is 0.632. The highest BCUT2D eigenvalue weighted by Gasteiger charge is 2.24. The first-order chi connectivity index (χ1) is 11.1. The third-order valence-corrected chi connectivity index (χ3v) is 4.82. The van der Waals surface area contributed by atoms with Gasteiger partial charge in [-0.1, -0.05) is 44.2 Å². The summed E-state index contributed by atoms with van der Waals surface area (Å²) in [6.07, 6.45) is 2.55. The number of hydrogen-bond acceptors (Lipinski definition) is 2. The summed E-state index contributed by atoms with van der Waals surface area (Å²) in [4.78, 5) is 6.94. The van der Waals surface area contributed by atoms with E-state index in [2.05, 4.69) is 71.6 Å². The van der Waals surface area contributed by atoms with Gasteiger partial charge in [-0.05, 0) is 37.8 Å². The van der Waals surface area contributed by atoms with E-state index < -0.39 is 0 Å². The predicted molar refractivity (Wildman–Crippen MR) is 98.7 cm³/mol. The third-order valence-electron chi connectivity index (χ3n) is 4.82. The Morgan fingerprint density at radius 3 is 2.65 bits per heavy atom. The normalized spacial score (nSPS) is 20.7. The first-order valence-electron chi connectivity index (χ1n) is 8.85. The van der Waals surface area contributed by atoms with Gasteiger partial charge in [-0.15, -0.1) is 0 Å². The number of nitrogens with zero attached hydrogens (tertiary/aromatic N) is 2. The minimum atomic E-state index is 0.421. The summed E-state index contributed by atoms with van der Waals surface area (Å²) in [5.41, 5.74) is 1.40. The van der Waals surface area contributed by atoms with Gasteiger partial charge >= 0.3 is 0 Å². The van der Waals surface area contributed by atoms with Gasteiger partial charge in [0.15, 0.2) is 5.96 Å². The largest absolute Gasteiger partial charge is 0.355 e. The molecule has 2 atom stereocenters. The molecule has 4 heteroatoms. The Kier molecular flexibility index (Phi) is 6.90. The molecule has 1 aliphatic heterocycles. The molecular formula is C19H32N4. The maximum absolute atomic E-state index is 4.36. The number of guanidine groups is 1. The van der Waals surface area contributed by atoms with Crippen LogP contribution in [0.25, 0.3) is 0 Å². The Morgan fingerprint density at radius 2 is 2.00 bits per heavy atom. The van der Waals surface area contributed by atoms with Gasteiger partial charge < -0.3 is 10.6 Å². The van der Waals surface area contributed by atoms with E-state index in [9.17, 15) is 0 Å². The smallest absolute Gasteiger partial charge is 0.191 e. The van der Waals surface area contributed by atoms with Crippen LogP contribution < -0.4 is 10.6 Å². The van der Waals surface area contributed by atoms with Crippen LogP contribution in [0.4, 0.5) is 0 Å². The van der Waals surface area contributed by atoms with Gasteiger partial charge in [0.2, 0.25) is 0 Å². The number of aliphatic imine (C=N–C) groups is 1. The van der Waals surface area contributed by atoms with Crippen molar-refractivity contribution in [2.75, 3.05) is 20.1 Å². The summed E-state index contributed by atoms with van der Waals surface area (Å²) < 4.78 is 0. The minimum Gasteiger partial charge on any atom is -0.355 e. The highest BCUT2D eigenvalue weighted by Crippen LogP contribution is 2.19. The van der Waals surface area contributed by atoms with Gasteiger partial charge in [0.1, 0.15) is 0 Å². The highest BCUT2D eigenvalue weighted by molar-refractivity contribution is 5.79. The van der Waals surface area contributed by atoms with Gasteiger partial charge in [0.25, 0.3) is 0 Å². The second-order valence-corrected chi connectivity index (χ2v) is 6.88. The molecule has 1 heterocycles. The van der Waals surface area contributed by atoms with Crippen LogP contribution in [0.15, 0.2) is 35.3 Å². The van der Waals surface area contributed by atoms with Crippen molar-refractivity contribution < 1.29 is 0 Å². The zero-order chi connectivity index (χ0) is 16.7. The van der Waals surface area contributed by atoms with Crippen LogP contribution in [0.2, 0.25) is 0 Å². The van der Waals surface area contributed by atoms with Gasteiger partial charge in [0.05, 0.1) is 0 Å². The number of rotatable bonds is 6. The Balaban J connectivity index is 1.83. The molecule has 23 heavy (non-hydrogen) atoms. The van der Waals surface area contributed by atoms with Crippen molar-refractivity contribution in [3.63, 3.8) is 0 Å². The predicted octanol–water partition coefficient (Wildman–Crippen LogP) is 2.86. The van der Waals surface area contributed by atoms with Gasteiger partial charge in [0, 0.05) is 32.2 Å². The Bertz CT molecular complexity index is 483. The van der Waals surface area contributed by atoms with Crippen molar-refractivity contribution in [2.45, 2.75) is 52.2 Å². The maximum atomic E-state index is 4.36. The van der Waals surface area contributed by atoms with E-state index in [0.29, 0.717) is 18.0 Å². The van der Waals surface area contributed by atoms with Crippen LogP contribution in [0.1, 0.15) is 39.2 Å². The maximum Gasteiger partial charge on any atom is 0.191 e. The molecule has 0 bridgehead atoms. The second-order valence-electron chi connectivity index (χ2n) is 6.88. The van der Waals surface area contributed by atoms with Crippen LogP contribution in [0, 0.1) is 5.92 Å². The lowest BCUT2D eigenvalue weighted by Crippen LogP contribution is -2.48. The molecule has 0 radical (unpaired) electrons. The average Bonchev–Trinajstić information content (AvgIpc) is 2.99. The van der Waals surface area contributed by atoms with E-state index in [-0.39, 0.29) is 0 Å². The van der Waals surface area contributed by atoms with Crippen LogP contribution in [-0.2, 0) is 6.54 Å². The fourth-order valence-corrected chi connectivity index (χ4v) is 2.94. The third kappa shape index (κ3) is 5.54. The van der Waals surface area contributed by atoms with Gasteiger partial charge in [-0.3, -0.25) is 9.89 Å². The van der Waals surface area contributed by atoms with Crippen LogP contribution >= 0.6 is 0 Å². The summed E-state index contributed by atoms with van der Waals surface area (Å²) in [5.74, 6) is 1.51. The molecule has 128 valence electrons. The van der Waals surface area contributed by atoms with Crippen molar-refractivity contribution >= 4 is 5.96 Å². The van der Waals surface area contributed by atoms with Crippen LogP contribution in [0.3, 0.4) is 0 Å². The van der Waals surface area contributed by atoms with Crippen LogP contribution in [0.5, 0.6) is 0 Å². The number of likely N-dealkylation sites (tertiary alicyclic amines) is 1. The van der Waals surface area contributed by atoms with Gasteiger partial charge in [-0.25, -0.2) is 0 Å². The monoisotopic (exact) mass is 316 g/mol. The number of hydrogen-bond donors (Lipinski definition) is 2. The van der Waals surface area contributed by atoms with Crippen LogP contribution in [-0.4, -0.2) is 43.1 Å². The van der Waals surface area contributed by atoms with Crippen molar-refractivity contribution in [3.05, 3.63) is 35.9 Å². The molecule has 0 aromatic heterocycles. The molecule has 0 saturated carbocycles. The van der Waals surface area contributed by atoms with Crippen molar-refractivity contribution in [2.24, 2.45) is 10.9 Å². The lowest BCUT2D eigenvalue weighted by molar-refractivity contribution is 0.245. The number of nitrogens with one attached hydrogen (secondary N) is 2. The molecule has 0 aliphatic carbocycles. The minimum absolute atomic E-state index is 0.421. The van der Waals surface area contributed by atoms with E-state index in [4.69, 9.17) is 0 Å². The Labute approximate surface area is 141 Å². The Hall–Kier alpha value is -1.55. The topological polar surface area (TPSA) is 39.7 Å². The molecule has 1 saturated heterocycles. The molecule has 2 unspecified atom stereocenters. The van der Waals surface area contributed by atoms with E-state index in [1.807, 2.05) is 7.05 Å². The average molecular weight is 316 g/mol. The zero-order valence-corrected chi connectivity index (χ0v) is 15.0. The molecule has 0 amide bonds. The van der Waals surface area contributed by atoms with Crippen molar-refractivity contribution in [3.8, 4) is 0 Å². The molecule has 1 aliphatic rings. The molecular weight excluding hydrogens is 284 g/mol. The SMILES string of the molecule is CN=C(NCC1CCCN1Cc1ccccc1)NC(C)C(C)C. The second kappa shape index (κ2) is 8.92. The molecule has 1 aromatic rings. The zero-order valence-electron chi connectivity index (χ0n) is 15.0. The number of benzene rings is 1. The van der Waals surface area contributed by atoms with E-state index >= 15 is 0 Å². The van der Waals surface area contributed by atoms with Crippen molar-refractivity contribution in [1.82, 2.24) is 15.5 Å². The summed E-state index contributed by atoms with van der Waals surface area (Å²) >= 11 is 0. The summed E-state index contributed by atoms with van der Waals surface area (Å²) in [7, 11) is 1.85. The van der Waals surface area contributed by atoms with E-state index in [1.165, 1.54) is 24.9 Å². The molecule has 1 aromatic carbocycles. The van der Waals surface area contributed by atoms with Crippen molar-refractivity contribution in [1.29, 1.82) is 0 Å². The van der Waals surface area contributed by atoms with Gasteiger partial charge in [-0.2, -0.15) is 0 Å². The summed E-state index contributed by atoms with van der Waals surface area (Å²) in [6.45, 7) is 9.84. The first-order valence-corrected chi connectivity index (χ1v) is 8.85. The first kappa shape index (κ1) is 17.8. The fourth-order valence-electron chi connectivity index (χ4n) is 2.94. The lowest BCUT2D eigenvalue weighted by Gasteiger charge is -2.27. The molecule has 0 spiro atoms. The summed E-state index contributed by atoms with van der Waals surface area (Å²) in [5, 5.41) is 6.99. The molecule has 4 nitrogen and oxygen atoms in total. The standard InChI is InChI=1S/C19H32N4/c1-15(2)16(3)22-19(20-4)21-13-18-11-8-12-23(18)14-17-9-6-5-7-10-17/h5-7,9-10,15-16,18H,8,11-14H2,1-4H3,(H2,20,21,22). The molecule has 2 N–H and O–H groups in total. The summed E-state index contributed by atoms with van der Waals surface area (Å²) in [6, 6.07) is 11.8. The van der Waals surface area contributed by atoms with E-state index in [1.54, 1.807) is 0 Å². The highest BCUT2D eigenvalue weighted by atomic mass is 15.2. The lowest BCUT2D eigenvalue weighted by atomic mass is 10.1. The quantitative estimate of drug-likeness (QED) is 0.626. The molecule has 1 fully saturated rings. The molecule has 2 rings (SSSR count).